The van der Waals surface area contributed by atoms with E-state index in [1.54, 1.807) is 0 Å². The highest BCUT2D eigenvalue weighted by Crippen LogP contribution is 2.07. The third-order valence-corrected chi connectivity index (χ3v) is 2.44. The Balaban J connectivity index is 2.17. The Morgan fingerprint density at radius 2 is 1.87 bits per heavy atom. The minimum atomic E-state index is 0.624. The van der Waals surface area contributed by atoms with E-state index in [2.05, 4.69) is 5.16 Å². The van der Waals surface area contributed by atoms with Gasteiger partial charge in [0.05, 0.1) is 13.2 Å². The molecule has 1 aromatic carbocycles. The van der Waals surface area contributed by atoms with Crippen LogP contribution in [0.15, 0.2) is 35.5 Å². The highest BCUT2D eigenvalue weighted by atomic mass is 16.5. The van der Waals surface area contributed by atoms with Crippen LogP contribution in [0.25, 0.3) is 0 Å². The van der Waals surface area contributed by atoms with Crippen LogP contribution in [0.5, 0.6) is 0 Å². The van der Waals surface area contributed by atoms with E-state index in [0.29, 0.717) is 19.0 Å². The van der Waals surface area contributed by atoms with Gasteiger partial charge in [-0.15, -0.1) is 0 Å². The normalized spacial score (nSPS) is 17.9. The van der Waals surface area contributed by atoms with Crippen molar-refractivity contribution in [2.75, 3.05) is 26.3 Å². The van der Waals surface area contributed by atoms with Gasteiger partial charge in [0.1, 0.15) is 0 Å². The summed E-state index contributed by atoms with van der Waals surface area (Å²) in [5.74, 6) is 0.624. The predicted octanol–water partition coefficient (Wildman–Crippen LogP) is 1.15. The van der Waals surface area contributed by atoms with E-state index in [-0.39, 0.29) is 0 Å². The van der Waals surface area contributed by atoms with Gasteiger partial charge in [0.25, 0.3) is 0 Å². The van der Waals surface area contributed by atoms with Crippen molar-refractivity contribution in [3.8, 4) is 0 Å². The van der Waals surface area contributed by atoms with Crippen LogP contribution in [0, 0.1) is 0 Å². The molecular formula is C11H14N2O2. The second-order valence-electron chi connectivity index (χ2n) is 3.39. The zero-order chi connectivity index (χ0) is 10.5. The van der Waals surface area contributed by atoms with Crippen molar-refractivity contribution in [3.05, 3.63) is 35.9 Å². The maximum Gasteiger partial charge on any atom is 0.175 e. The second-order valence-corrected chi connectivity index (χ2v) is 3.39. The summed E-state index contributed by atoms with van der Waals surface area (Å²) in [7, 11) is 0. The molecule has 0 bridgehead atoms. The van der Waals surface area contributed by atoms with Crippen LogP contribution in [0.4, 0.5) is 0 Å². The molecule has 1 aliphatic rings. The van der Waals surface area contributed by atoms with Crippen molar-refractivity contribution in [2.24, 2.45) is 5.16 Å². The summed E-state index contributed by atoms with van der Waals surface area (Å²) in [5, 5.41) is 12.4. The Morgan fingerprint density at radius 1 is 1.20 bits per heavy atom. The zero-order valence-corrected chi connectivity index (χ0v) is 8.47. The summed E-state index contributed by atoms with van der Waals surface area (Å²) in [4.78, 5) is 2.03. The largest absolute Gasteiger partial charge is 0.409 e. The molecule has 0 atom stereocenters. The van der Waals surface area contributed by atoms with Crippen LogP contribution in [-0.2, 0) is 4.74 Å². The molecule has 0 aliphatic carbocycles. The maximum absolute atomic E-state index is 9.04. The molecule has 0 radical (unpaired) electrons. The number of amidine groups is 1. The number of hydrogen-bond acceptors (Lipinski definition) is 3. The number of nitrogens with zero attached hydrogens (tertiary/aromatic N) is 2. The second kappa shape index (κ2) is 4.79. The van der Waals surface area contributed by atoms with Gasteiger partial charge in [-0.1, -0.05) is 35.5 Å². The van der Waals surface area contributed by atoms with E-state index in [1.807, 2.05) is 35.2 Å². The molecule has 4 nitrogen and oxygen atoms in total. The van der Waals surface area contributed by atoms with E-state index in [9.17, 15) is 0 Å². The Hall–Kier alpha value is -1.55. The lowest BCUT2D eigenvalue weighted by molar-refractivity contribution is 0.0668. The van der Waals surface area contributed by atoms with E-state index < -0.39 is 0 Å². The third kappa shape index (κ3) is 2.27. The Labute approximate surface area is 88.8 Å². The fourth-order valence-corrected chi connectivity index (χ4v) is 1.67. The Bertz CT molecular complexity index is 332. The fraction of sp³-hybridized carbons (Fsp3) is 0.364. The van der Waals surface area contributed by atoms with Gasteiger partial charge < -0.3 is 14.8 Å². The minimum Gasteiger partial charge on any atom is -0.409 e. The van der Waals surface area contributed by atoms with Crippen LogP contribution < -0.4 is 0 Å². The fourth-order valence-electron chi connectivity index (χ4n) is 1.67. The Kier molecular flexibility index (Phi) is 3.19. The molecule has 0 amide bonds. The van der Waals surface area contributed by atoms with Crippen LogP contribution in [0.3, 0.4) is 0 Å². The van der Waals surface area contributed by atoms with Crippen molar-refractivity contribution < 1.29 is 9.94 Å². The molecule has 80 valence electrons. The maximum atomic E-state index is 9.04. The summed E-state index contributed by atoms with van der Waals surface area (Å²) in [6, 6.07) is 9.68. The smallest absolute Gasteiger partial charge is 0.175 e. The average molecular weight is 206 g/mol. The van der Waals surface area contributed by atoms with E-state index in [1.165, 1.54) is 0 Å². The molecule has 0 aromatic heterocycles. The molecule has 2 rings (SSSR count). The summed E-state index contributed by atoms with van der Waals surface area (Å²) in [5.41, 5.74) is 0.932. The molecule has 1 aromatic rings. The van der Waals surface area contributed by atoms with Crippen molar-refractivity contribution in [3.63, 3.8) is 0 Å². The van der Waals surface area contributed by atoms with Crippen LogP contribution >= 0.6 is 0 Å². The summed E-state index contributed by atoms with van der Waals surface area (Å²) in [6.07, 6.45) is 0. The number of ether oxygens (including phenoxy) is 1. The molecule has 15 heavy (non-hydrogen) atoms. The van der Waals surface area contributed by atoms with Crippen molar-refractivity contribution in [2.45, 2.75) is 0 Å². The van der Waals surface area contributed by atoms with Gasteiger partial charge in [-0.05, 0) is 0 Å². The molecule has 1 aliphatic heterocycles. The first kappa shape index (κ1) is 9.98. The molecular weight excluding hydrogens is 192 g/mol. The third-order valence-electron chi connectivity index (χ3n) is 2.44. The van der Waals surface area contributed by atoms with E-state index >= 15 is 0 Å². The zero-order valence-electron chi connectivity index (χ0n) is 8.47. The van der Waals surface area contributed by atoms with Gasteiger partial charge in [-0.25, -0.2) is 0 Å². The highest BCUT2D eigenvalue weighted by molar-refractivity contribution is 5.98. The van der Waals surface area contributed by atoms with Gasteiger partial charge in [-0.3, -0.25) is 0 Å². The van der Waals surface area contributed by atoms with Crippen LogP contribution in [-0.4, -0.2) is 42.2 Å². The molecule has 1 fully saturated rings. The predicted molar refractivity (Wildman–Crippen MR) is 57.2 cm³/mol. The first-order chi connectivity index (χ1) is 7.42. The number of benzene rings is 1. The topological polar surface area (TPSA) is 45.1 Å². The number of oxime groups is 1. The monoisotopic (exact) mass is 206 g/mol. The summed E-state index contributed by atoms with van der Waals surface area (Å²) < 4.78 is 5.25. The average Bonchev–Trinajstić information content (AvgIpc) is 2.33. The molecule has 1 heterocycles. The molecule has 0 saturated carbocycles. The highest BCUT2D eigenvalue weighted by Gasteiger charge is 2.16. The molecule has 0 unspecified atom stereocenters. The molecule has 0 spiro atoms. The lowest BCUT2D eigenvalue weighted by Crippen LogP contribution is -2.41. The lowest BCUT2D eigenvalue weighted by atomic mass is 10.2. The van der Waals surface area contributed by atoms with Crippen LogP contribution in [0.2, 0.25) is 0 Å². The van der Waals surface area contributed by atoms with Crippen molar-refractivity contribution >= 4 is 5.84 Å². The number of hydrogen-bond donors (Lipinski definition) is 1. The van der Waals surface area contributed by atoms with Crippen LogP contribution in [0.1, 0.15) is 5.56 Å². The van der Waals surface area contributed by atoms with E-state index in [0.717, 1.165) is 18.7 Å². The standard InChI is InChI=1S/C11H14N2O2/c14-12-11(10-4-2-1-3-5-10)13-6-8-15-9-7-13/h1-5,14H,6-9H2. The van der Waals surface area contributed by atoms with Gasteiger partial charge in [0.15, 0.2) is 5.84 Å². The number of rotatable bonds is 1. The first-order valence-electron chi connectivity index (χ1n) is 5.02. The molecule has 1 N–H and O–H groups in total. The molecule has 4 heteroatoms. The van der Waals surface area contributed by atoms with Crippen molar-refractivity contribution in [1.82, 2.24) is 4.90 Å². The molecule has 1 saturated heterocycles. The van der Waals surface area contributed by atoms with E-state index in [4.69, 9.17) is 9.94 Å². The summed E-state index contributed by atoms with van der Waals surface area (Å²) >= 11 is 0. The summed E-state index contributed by atoms with van der Waals surface area (Å²) in [6.45, 7) is 2.92. The lowest BCUT2D eigenvalue weighted by Gasteiger charge is -2.28. The van der Waals surface area contributed by atoms with Gasteiger partial charge in [0.2, 0.25) is 0 Å². The van der Waals surface area contributed by atoms with Gasteiger partial charge in [0, 0.05) is 18.7 Å². The Morgan fingerprint density at radius 3 is 2.47 bits per heavy atom. The van der Waals surface area contributed by atoms with Crippen molar-refractivity contribution in [1.29, 1.82) is 0 Å². The van der Waals surface area contributed by atoms with Gasteiger partial charge in [-0.2, -0.15) is 0 Å². The SMILES string of the molecule is ON=C(c1ccccc1)N1CCOCC1. The first-order valence-corrected chi connectivity index (χ1v) is 5.02. The number of morpholine rings is 1. The quantitative estimate of drug-likeness (QED) is 0.324. The minimum absolute atomic E-state index is 0.624. The van der Waals surface area contributed by atoms with Gasteiger partial charge >= 0.3 is 0 Å².